The topological polar surface area (TPSA) is 100 Å². The van der Waals surface area contributed by atoms with Crippen molar-refractivity contribution in [3.05, 3.63) is 35.0 Å². The molecule has 9 nitrogen and oxygen atoms in total. The van der Waals surface area contributed by atoms with Gasteiger partial charge in [-0.3, -0.25) is 4.57 Å². The van der Waals surface area contributed by atoms with Gasteiger partial charge < -0.3 is 14.9 Å². The van der Waals surface area contributed by atoms with Gasteiger partial charge >= 0.3 is 5.69 Å². The number of rotatable bonds is 4. The molecule has 1 aliphatic carbocycles. The molecule has 4 atom stereocenters. The number of anilines is 1. The number of aryl methyl sites for hydroxylation is 1. The van der Waals surface area contributed by atoms with Gasteiger partial charge in [0.15, 0.2) is 10.8 Å². The van der Waals surface area contributed by atoms with Crippen LogP contribution in [0.3, 0.4) is 0 Å². The van der Waals surface area contributed by atoms with Crippen molar-refractivity contribution in [2.24, 2.45) is 13.0 Å². The molecular weight excluding hydrogens is 421 g/mol. The van der Waals surface area contributed by atoms with E-state index in [1.54, 1.807) is 19.2 Å². The zero-order chi connectivity index (χ0) is 21.9. The van der Waals surface area contributed by atoms with Gasteiger partial charge in [0.2, 0.25) is 5.13 Å². The van der Waals surface area contributed by atoms with E-state index in [-0.39, 0.29) is 29.6 Å². The lowest BCUT2D eigenvalue weighted by Gasteiger charge is -2.36. The Labute approximate surface area is 181 Å². The molecule has 0 amide bonds. The van der Waals surface area contributed by atoms with E-state index in [4.69, 9.17) is 0 Å². The number of piperidine rings is 1. The van der Waals surface area contributed by atoms with E-state index in [1.807, 2.05) is 19.0 Å². The zero-order valence-corrected chi connectivity index (χ0v) is 18.1. The monoisotopic (exact) mass is 443 g/mol. The molecule has 0 unspecified atom stereocenters. The average Bonchev–Trinajstić information content (AvgIpc) is 3.44. The van der Waals surface area contributed by atoms with Crippen LogP contribution in [0.25, 0.3) is 22.0 Å². The van der Waals surface area contributed by atoms with Gasteiger partial charge in [-0.25, -0.2) is 14.2 Å². The van der Waals surface area contributed by atoms with Crippen molar-refractivity contribution in [2.45, 2.75) is 24.7 Å². The highest BCUT2D eigenvalue weighted by atomic mass is 32.1. The molecule has 3 aromatic rings. The highest BCUT2D eigenvalue weighted by molar-refractivity contribution is 7.18. The summed E-state index contributed by atoms with van der Waals surface area (Å²) in [5.74, 6) is 0.489. The fourth-order valence-electron chi connectivity index (χ4n) is 4.68. The van der Waals surface area contributed by atoms with Gasteiger partial charge in [0.25, 0.3) is 0 Å². The highest BCUT2D eigenvalue weighted by Gasteiger charge is 2.53. The van der Waals surface area contributed by atoms with Crippen LogP contribution in [0.15, 0.2) is 29.3 Å². The average molecular weight is 444 g/mol. The standard InChI is InChI=1S/C20H22FN7O2S/c1-26-8-11-6-13(26)15(21)16(11)28(3)20-25-24-18(31-20)12-5-4-10(7-14(12)29)17-22-9-27(2)19(30)23-17/h4-5,7,9,11,13,15-16,29H,6,8H2,1-3H3/t11-,13-,15+,16-/m1/s1. The van der Waals surface area contributed by atoms with E-state index in [0.29, 0.717) is 21.3 Å². The Bertz CT molecular complexity index is 1200. The fourth-order valence-corrected chi connectivity index (χ4v) is 5.57. The maximum atomic E-state index is 14.9. The molecular formula is C20H22FN7O2S. The van der Waals surface area contributed by atoms with Crippen molar-refractivity contribution < 1.29 is 9.50 Å². The number of nitrogens with zero attached hydrogens (tertiary/aromatic N) is 7. The molecule has 0 spiro atoms. The van der Waals surface area contributed by atoms with Crippen molar-refractivity contribution >= 4 is 16.5 Å². The van der Waals surface area contributed by atoms with Crippen LogP contribution >= 0.6 is 11.3 Å². The van der Waals surface area contributed by atoms with Gasteiger partial charge in [-0.2, -0.15) is 4.98 Å². The van der Waals surface area contributed by atoms with Gasteiger partial charge in [0.1, 0.15) is 18.2 Å². The summed E-state index contributed by atoms with van der Waals surface area (Å²) in [5.41, 5.74) is 0.602. The number of alkyl halides is 1. The second kappa shape index (κ2) is 7.34. The number of aromatic hydroxyl groups is 1. The van der Waals surface area contributed by atoms with Gasteiger partial charge in [0.05, 0.1) is 11.6 Å². The van der Waals surface area contributed by atoms with Crippen LogP contribution < -0.4 is 10.6 Å². The summed E-state index contributed by atoms with van der Waals surface area (Å²) < 4.78 is 16.2. The molecule has 0 radical (unpaired) electrons. The number of fused-ring (bicyclic) bond motifs is 2. The molecule has 1 aliphatic heterocycles. The fraction of sp³-hybridized carbons (Fsp3) is 0.450. The van der Waals surface area contributed by atoms with Crippen molar-refractivity contribution in [3.8, 4) is 27.7 Å². The number of phenols is 1. The van der Waals surface area contributed by atoms with Gasteiger partial charge in [0, 0.05) is 32.2 Å². The summed E-state index contributed by atoms with van der Waals surface area (Å²) in [6.45, 7) is 0.888. The maximum Gasteiger partial charge on any atom is 0.350 e. The Hall–Kier alpha value is -2.92. The van der Waals surface area contributed by atoms with Crippen molar-refractivity contribution in [1.29, 1.82) is 0 Å². The largest absolute Gasteiger partial charge is 0.507 e. The molecule has 1 N–H and O–H groups in total. The van der Waals surface area contributed by atoms with Crippen LogP contribution in [0.1, 0.15) is 6.42 Å². The van der Waals surface area contributed by atoms with Crippen LogP contribution in [-0.4, -0.2) is 73.6 Å². The predicted octanol–water partition coefficient (Wildman–Crippen LogP) is 1.54. The summed E-state index contributed by atoms with van der Waals surface area (Å²) >= 11 is 1.31. The van der Waals surface area contributed by atoms with E-state index < -0.39 is 11.9 Å². The van der Waals surface area contributed by atoms with Crippen molar-refractivity contribution in [1.82, 2.24) is 29.6 Å². The number of likely N-dealkylation sites (tertiary alicyclic amines) is 1. The first-order valence-electron chi connectivity index (χ1n) is 9.97. The van der Waals surface area contributed by atoms with Gasteiger partial charge in [-0.1, -0.05) is 17.4 Å². The van der Waals surface area contributed by atoms with Crippen LogP contribution in [-0.2, 0) is 7.05 Å². The minimum atomic E-state index is -0.924. The molecule has 2 bridgehead atoms. The van der Waals surface area contributed by atoms with Crippen LogP contribution in [0.2, 0.25) is 0 Å². The molecule has 1 aromatic carbocycles. The van der Waals surface area contributed by atoms with Crippen LogP contribution in [0.5, 0.6) is 5.75 Å². The second-order valence-corrected chi connectivity index (χ2v) is 9.20. The minimum absolute atomic E-state index is 0.0166. The normalized spacial score (nSPS) is 25.3. The SMILES string of the molecule is CN1C[C@H]2C[C@@H]1[C@H](F)[C@@H]2N(C)c1nnc(-c2ccc(-c3ncn(C)c(=O)n3)cc2O)s1. The third-order valence-electron chi connectivity index (χ3n) is 6.32. The molecule has 5 rings (SSSR count). The molecule has 162 valence electrons. The molecule has 2 aliphatic rings. The van der Waals surface area contributed by atoms with Gasteiger partial charge in [-0.05, 0) is 31.5 Å². The maximum absolute atomic E-state index is 14.9. The molecule has 1 saturated carbocycles. The second-order valence-electron chi connectivity index (χ2n) is 8.24. The van der Waals surface area contributed by atoms with E-state index in [1.165, 1.54) is 28.3 Å². The third-order valence-corrected chi connectivity index (χ3v) is 7.36. The summed E-state index contributed by atoms with van der Waals surface area (Å²) in [4.78, 5) is 23.8. The van der Waals surface area contributed by atoms with E-state index in [9.17, 15) is 14.3 Å². The van der Waals surface area contributed by atoms with E-state index >= 15 is 0 Å². The van der Waals surface area contributed by atoms with Gasteiger partial charge in [-0.15, -0.1) is 10.2 Å². The molecule has 31 heavy (non-hydrogen) atoms. The number of hydrogen-bond donors (Lipinski definition) is 1. The number of hydrogen-bond acceptors (Lipinski definition) is 9. The first kappa shape index (κ1) is 20.0. The molecule has 2 aromatic heterocycles. The summed E-state index contributed by atoms with van der Waals surface area (Å²) in [6.07, 6.45) is 1.33. The molecule has 1 saturated heterocycles. The van der Waals surface area contributed by atoms with Crippen LogP contribution in [0, 0.1) is 5.92 Å². The number of phenolic OH excluding ortho intramolecular Hbond substituents is 1. The Morgan fingerprint density at radius 3 is 2.77 bits per heavy atom. The first-order chi connectivity index (χ1) is 14.8. The predicted molar refractivity (Wildman–Crippen MR) is 115 cm³/mol. The lowest BCUT2D eigenvalue weighted by Crippen LogP contribution is -2.51. The van der Waals surface area contributed by atoms with Crippen molar-refractivity contribution in [3.63, 3.8) is 0 Å². The Balaban J connectivity index is 1.39. The lowest BCUT2D eigenvalue weighted by atomic mass is 10.0. The van der Waals surface area contributed by atoms with Crippen molar-refractivity contribution in [2.75, 3.05) is 25.5 Å². The number of halogens is 1. The number of benzene rings is 1. The highest BCUT2D eigenvalue weighted by Crippen LogP contribution is 2.44. The summed E-state index contributed by atoms with van der Waals surface area (Å²) in [5, 5.41) is 20.2. The van der Waals surface area contributed by atoms with E-state index in [2.05, 4.69) is 25.1 Å². The van der Waals surface area contributed by atoms with E-state index in [0.717, 1.165) is 13.0 Å². The molecule has 3 heterocycles. The summed E-state index contributed by atoms with van der Waals surface area (Å²) in [6, 6.07) is 4.67. The third kappa shape index (κ3) is 3.28. The molecule has 11 heteroatoms. The summed E-state index contributed by atoms with van der Waals surface area (Å²) in [7, 11) is 5.40. The zero-order valence-electron chi connectivity index (χ0n) is 17.3. The molecule has 2 fully saturated rings. The Morgan fingerprint density at radius 1 is 1.29 bits per heavy atom. The van der Waals surface area contributed by atoms with Crippen LogP contribution in [0.4, 0.5) is 9.52 Å². The lowest BCUT2D eigenvalue weighted by molar-refractivity contribution is 0.126. The quantitative estimate of drug-likeness (QED) is 0.648. The number of aromatic nitrogens is 5. The Kier molecular flexibility index (Phi) is 4.74. The minimum Gasteiger partial charge on any atom is -0.507 e. The first-order valence-corrected chi connectivity index (χ1v) is 10.8. The smallest absolute Gasteiger partial charge is 0.350 e. The Morgan fingerprint density at radius 2 is 2.10 bits per heavy atom.